The Bertz CT molecular complexity index is 432. The van der Waals surface area contributed by atoms with Crippen molar-refractivity contribution >= 4 is 5.97 Å². The van der Waals surface area contributed by atoms with Crippen molar-refractivity contribution in [2.75, 3.05) is 13.7 Å². The largest absolute Gasteiger partial charge is 0.478 e. The molecule has 0 amide bonds. The van der Waals surface area contributed by atoms with Gasteiger partial charge in [-0.25, -0.2) is 4.79 Å². The summed E-state index contributed by atoms with van der Waals surface area (Å²) in [6.45, 7) is 1.23. The van der Waals surface area contributed by atoms with E-state index in [9.17, 15) is 4.79 Å². The minimum atomic E-state index is -0.940. The van der Waals surface area contributed by atoms with Gasteiger partial charge in [-0.1, -0.05) is 0 Å². The molecule has 0 aromatic carbocycles. The lowest BCUT2D eigenvalue weighted by atomic mass is 9.80. The number of nitrogens with zero attached hydrogens (tertiary/aromatic N) is 2. The van der Waals surface area contributed by atoms with Crippen LogP contribution < -0.4 is 5.32 Å². The van der Waals surface area contributed by atoms with E-state index in [0.717, 1.165) is 19.4 Å². The Morgan fingerprint density at radius 3 is 2.89 bits per heavy atom. The smallest absolute Gasteiger partial charge is 0.339 e. The van der Waals surface area contributed by atoms with E-state index in [0.29, 0.717) is 12.2 Å². The molecule has 1 heterocycles. The maximum absolute atomic E-state index is 11.0. The second kappa shape index (κ2) is 5.07. The zero-order chi connectivity index (χ0) is 13.2. The summed E-state index contributed by atoms with van der Waals surface area (Å²) in [5.41, 5.74) is 0.889. The molecule has 1 saturated carbocycles. The van der Waals surface area contributed by atoms with Gasteiger partial charge in [-0.05, 0) is 19.3 Å². The van der Waals surface area contributed by atoms with Crippen molar-refractivity contribution in [1.82, 2.24) is 15.1 Å². The fraction of sp³-hybridized carbons (Fsp3) is 0.667. The van der Waals surface area contributed by atoms with Gasteiger partial charge in [-0.3, -0.25) is 4.68 Å². The minimum absolute atomic E-state index is 0.0536. The summed E-state index contributed by atoms with van der Waals surface area (Å²) in [4.78, 5) is 11.0. The topological polar surface area (TPSA) is 76.4 Å². The Morgan fingerprint density at radius 1 is 1.67 bits per heavy atom. The predicted octanol–water partition coefficient (Wildman–Crippen LogP) is 0.777. The average molecular weight is 253 g/mol. The molecule has 6 nitrogen and oxygen atoms in total. The standard InChI is InChI=1S/C12H19N3O3/c1-15-10(9(6-14-15)11(16)17)7-13-8-12(18-2)4-3-5-12/h6,13H,3-5,7-8H2,1-2H3,(H,16,17). The number of aromatic nitrogens is 2. The molecule has 1 aliphatic rings. The van der Waals surface area contributed by atoms with Crippen LogP contribution in [0.1, 0.15) is 35.3 Å². The van der Waals surface area contributed by atoms with Gasteiger partial charge in [-0.2, -0.15) is 5.10 Å². The van der Waals surface area contributed by atoms with Gasteiger partial charge in [0, 0.05) is 27.2 Å². The summed E-state index contributed by atoms with van der Waals surface area (Å²) in [5.74, 6) is -0.940. The molecule has 1 fully saturated rings. The third kappa shape index (κ3) is 2.39. The van der Waals surface area contributed by atoms with E-state index in [1.165, 1.54) is 12.6 Å². The molecule has 0 spiro atoms. The number of hydrogen-bond donors (Lipinski definition) is 2. The van der Waals surface area contributed by atoms with Gasteiger partial charge in [0.1, 0.15) is 5.56 Å². The Kier molecular flexibility index (Phi) is 3.68. The van der Waals surface area contributed by atoms with E-state index in [1.54, 1.807) is 18.8 Å². The van der Waals surface area contributed by atoms with Crippen LogP contribution in [0.15, 0.2) is 6.20 Å². The first-order chi connectivity index (χ1) is 8.58. The van der Waals surface area contributed by atoms with Gasteiger partial charge < -0.3 is 15.2 Å². The van der Waals surface area contributed by atoms with Crippen LogP contribution >= 0.6 is 0 Å². The summed E-state index contributed by atoms with van der Waals surface area (Å²) in [6.07, 6.45) is 4.71. The van der Waals surface area contributed by atoms with Crippen molar-refractivity contribution in [1.29, 1.82) is 0 Å². The highest BCUT2D eigenvalue weighted by molar-refractivity contribution is 5.88. The fourth-order valence-corrected chi connectivity index (χ4v) is 2.28. The van der Waals surface area contributed by atoms with Crippen molar-refractivity contribution in [3.63, 3.8) is 0 Å². The van der Waals surface area contributed by atoms with Crippen molar-refractivity contribution in [3.8, 4) is 0 Å². The van der Waals surface area contributed by atoms with Crippen LogP contribution in [-0.4, -0.2) is 40.1 Å². The Labute approximate surface area is 106 Å². The van der Waals surface area contributed by atoms with Gasteiger partial charge in [0.25, 0.3) is 0 Å². The summed E-state index contributed by atoms with van der Waals surface area (Å²) in [6, 6.07) is 0. The van der Waals surface area contributed by atoms with Crippen LogP contribution in [-0.2, 0) is 18.3 Å². The number of aromatic carboxylic acids is 1. The third-order valence-electron chi connectivity index (χ3n) is 3.73. The molecule has 0 aliphatic heterocycles. The molecule has 0 unspecified atom stereocenters. The van der Waals surface area contributed by atoms with E-state index in [2.05, 4.69) is 10.4 Å². The number of carbonyl (C=O) groups is 1. The molecular formula is C12H19N3O3. The van der Waals surface area contributed by atoms with Gasteiger partial charge in [0.15, 0.2) is 0 Å². The summed E-state index contributed by atoms with van der Waals surface area (Å²) >= 11 is 0. The van der Waals surface area contributed by atoms with Gasteiger partial charge in [0.2, 0.25) is 0 Å². The molecule has 1 aromatic rings. The molecule has 2 rings (SSSR count). The van der Waals surface area contributed by atoms with Crippen molar-refractivity contribution in [2.45, 2.75) is 31.4 Å². The van der Waals surface area contributed by atoms with E-state index in [1.807, 2.05) is 0 Å². The van der Waals surface area contributed by atoms with E-state index < -0.39 is 5.97 Å². The maximum Gasteiger partial charge on any atom is 0.339 e. The lowest BCUT2D eigenvalue weighted by molar-refractivity contribution is -0.0696. The molecule has 6 heteroatoms. The van der Waals surface area contributed by atoms with Gasteiger partial charge in [-0.15, -0.1) is 0 Å². The molecule has 0 radical (unpaired) electrons. The van der Waals surface area contributed by atoms with Gasteiger partial charge in [0.05, 0.1) is 17.5 Å². The fourth-order valence-electron chi connectivity index (χ4n) is 2.28. The minimum Gasteiger partial charge on any atom is -0.478 e. The predicted molar refractivity (Wildman–Crippen MR) is 65.5 cm³/mol. The van der Waals surface area contributed by atoms with Crippen LogP contribution in [0.5, 0.6) is 0 Å². The SMILES string of the molecule is COC1(CNCc2c(C(=O)O)cnn2C)CCC1. The van der Waals surface area contributed by atoms with Crippen molar-refractivity contribution in [2.24, 2.45) is 7.05 Å². The molecule has 1 aromatic heterocycles. The van der Waals surface area contributed by atoms with E-state index in [-0.39, 0.29) is 11.2 Å². The van der Waals surface area contributed by atoms with Gasteiger partial charge >= 0.3 is 5.97 Å². The molecule has 2 N–H and O–H groups in total. The number of carboxylic acids is 1. The monoisotopic (exact) mass is 253 g/mol. The van der Waals surface area contributed by atoms with Crippen molar-refractivity contribution in [3.05, 3.63) is 17.5 Å². The van der Waals surface area contributed by atoms with Crippen molar-refractivity contribution < 1.29 is 14.6 Å². The second-order valence-electron chi connectivity index (χ2n) is 4.78. The first kappa shape index (κ1) is 13.0. The number of ether oxygens (including phenoxy) is 1. The molecule has 100 valence electrons. The van der Waals surface area contributed by atoms with E-state index >= 15 is 0 Å². The molecule has 0 atom stereocenters. The number of aryl methyl sites for hydroxylation is 1. The second-order valence-corrected chi connectivity index (χ2v) is 4.78. The molecule has 0 saturated heterocycles. The number of rotatable bonds is 6. The Hall–Kier alpha value is -1.40. The zero-order valence-corrected chi connectivity index (χ0v) is 10.8. The first-order valence-electron chi connectivity index (χ1n) is 6.08. The highest BCUT2D eigenvalue weighted by Gasteiger charge is 2.36. The zero-order valence-electron chi connectivity index (χ0n) is 10.8. The molecule has 18 heavy (non-hydrogen) atoms. The quantitative estimate of drug-likeness (QED) is 0.783. The third-order valence-corrected chi connectivity index (χ3v) is 3.73. The van der Waals surface area contributed by atoms with Crippen LogP contribution in [0.25, 0.3) is 0 Å². The molecule has 1 aliphatic carbocycles. The lowest BCUT2D eigenvalue weighted by Crippen LogP contribution is -2.47. The van der Waals surface area contributed by atoms with E-state index in [4.69, 9.17) is 9.84 Å². The Morgan fingerprint density at radius 2 is 2.39 bits per heavy atom. The number of carboxylic acid groups (broad SMARTS) is 1. The highest BCUT2D eigenvalue weighted by Crippen LogP contribution is 2.34. The summed E-state index contributed by atoms with van der Waals surface area (Å²) in [5, 5.41) is 16.3. The van der Waals surface area contributed by atoms with Crippen LogP contribution in [0.2, 0.25) is 0 Å². The number of nitrogens with one attached hydrogen (secondary N) is 1. The highest BCUT2D eigenvalue weighted by atomic mass is 16.5. The number of methoxy groups -OCH3 is 1. The Balaban J connectivity index is 1.94. The summed E-state index contributed by atoms with van der Waals surface area (Å²) < 4.78 is 7.09. The molecular weight excluding hydrogens is 234 g/mol. The molecule has 0 bridgehead atoms. The maximum atomic E-state index is 11.0. The lowest BCUT2D eigenvalue weighted by Gasteiger charge is -2.40. The normalized spacial score (nSPS) is 17.4. The summed E-state index contributed by atoms with van der Waals surface area (Å²) in [7, 11) is 3.48. The van der Waals surface area contributed by atoms with Crippen LogP contribution in [0, 0.1) is 0 Å². The average Bonchev–Trinajstić information content (AvgIpc) is 2.64. The first-order valence-corrected chi connectivity index (χ1v) is 6.08. The van der Waals surface area contributed by atoms with Crippen LogP contribution in [0.4, 0.5) is 0 Å². The number of hydrogen-bond acceptors (Lipinski definition) is 4. The van der Waals surface area contributed by atoms with Crippen LogP contribution in [0.3, 0.4) is 0 Å².